The molecule has 1 aromatic heterocycles. The molecule has 0 N–H and O–H groups in total. The van der Waals surface area contributed by atoms with Crippen LogP contribution < -0.4 is 19.6 Å². The summed E-state index contributed by atoms with van der Waals surface area (Å²) >= 11 is 0. The van der Waals surface area contributed by atoms with E-state index in [9.17, 15) is 26.7 Å². The molecule has 192 valence electrons. The van der Waals surface area contributed by atoms with E-state index in [1.54, 1.807) is 32.0 Å². The summed E-state index contributed by atoms with van der Waals surface area (Å²) in [5.41, 5.74) is 0.0688. The van der Waals surface area contributed by atoms with E-state index in [2.05, 4.69) is 0 Å². The summed E-state index contributed by atoms with van der Waals surface area (Å²) in [6.07, 6.45) is 0.342. The first kappa shape index (κ1) is 24.6. The average Bonchev–Trinajstić information content (AvgIpc) is 2.90. The smallest absolute Gasteiger partial charge is 0.200 e. The van der Waals surface area contributed by atoms with E-state index >= 15 is 0 Å². The van der Waals surface area contributed by atoms with Gasteiger partial charge in [-0.3, -0.25) is 4.79 Å². The van der Waals surface area contributed by atoms with E-state index in [4.69, 9.17) is 18.6 Å². The maximum atomic E-state index is 14.1. The zero-order valence-corrected chi connectivity index (χ0v) is 19.6. The standard InChI is InChI=1S/C27H19F5O5/c1-3-13-8-15-19(10-18(13)36-11-16-22(28)24(30)26(32)25(31)23(16)29)37-12(2)21(27(15)33)14-4-5-17-20(9-14)35-7-6-34-17/h4-5,8-10H,3,6-7,11H2,1-2H3. The number of aryl methyl sites for hydroxylation is 2. The minimum absolute atomic E-state index is 0.0774. The predicted molar refractivity (Wildman–Crippen MR) is 124 cm³/mol. The van der Waals surface area contributed by atoms with E-state index in [0.29, 0.717) is 53.6 Å². The minimum atomic E-state index is -2.25. The van der Waals surface area contributed by atoms with Crippen LogP contribution in [0, 0.1) is 36.0 Å². The Labute approximate surface area is 207 Å². The Bertz CT molecular complexity index is 1580. The van der Waals surface area contributed by atoms with Gasteiger partial charge in [0.1, 0.15) is 36.9 Å². The van der Waals surface area contributed by atoms with Gasteiger partial charge in [-0.05, 0) is 42.7 Å². The summed E-state index contributed by atoms with van der Waals surface area (Å²) < 4.78 is 91.1. The summed E-state index contributed by atoms with van der Waals surface area (Å²) in [6, 6.07) is 8.02. The van der Waals surface area contributed by atoms with E-state index < -0.39 is 41.3 Å². The molecule has 0 fully saturated rings. The van der Waals surface area contributed by atoms with Crippen molar-refractivity contribution in [2.75, 3.05) is 13.2 Å². The SMILES string of the molecule is CCc1cc2c(=O)c(-c3ccc4c(c3)OCCO4)c(C)oc2cc1OCc1c(F)c(F)c(F)c(F)c1F. The number of benzene rings is 3. The van der Waals surface area contributed by atoms with Crippen molar-refractivity contribution in [3.05, 3.63) is 86.5 Å². The molecule has 2 heterocycles. The summed E-state index contributed by atoms with van der Waals surface area (Å²) in [4.78, 5) is 13.5. The van der Waals surface area contributed by atoms with Gasteiger partial charge in [0.2, 0.25) is 11.2 Å². The molecular formula is C27H19F5O5. The molecule has 0 atom stereocenters. The lowest BCUT2D eigenvalue weighted by atomic mass is 10.00. The van der Waals surface area contributed by atoms with Crippen LogP contribution in [0.3, 0.4) is 0 Å². The van der Waals surface area contributed by atoms with Gasteiger partial charge in [-0.15, -0.1) is 0 Å². The molecule has 0 unspecified atom stereocenters. The number of hydrogen-bond donors (Lipinski definition) is 0. The lowest BCUT2D eigenvalue weighted by Gasteiger charge is -2.19. The van der Waals surface area contributed by atoms with Crippen molar-refractivity contribution in [1.29, 1.82) is 0 Å². The maximum Gasteiger partial charge on any atom is 0.200 e. The summed E-state index contributed by atoms with van der Waals surface area (Å²) in [7, 11) is 0. The Morgan fingerprint density at radius 1 is 0.865 bits per heavy atom. The fourth-order valence-electron chi connectivity index (χ4n) is 4.25. The van der Waals surface area contributed by atoms with Gasteiger partial charge in [0.25, 0.3) is 0 Å². The summed E-state index contributed by atoms with van der Waals surface area (Å²) in [6.45, 7) is 3.25. The van der Waals surface area contributed by atoms with Crippen molar-refractivity contribution in [3.8, 4) is 28.4 Å². The third-order valence-electron chi connectivity index (χ3n) is 6.13. The zero-order valence-electron chi connectivity index (χ0n) is 19.6. The van der Waals surface area contributed by atoms with Crippen LogP contribution in [0.25, 0.3) is 22.1 Å². The largest absolute Gasteiger partial charge is 0.488 e. The topological polar surface area (TPSA) is 57.9 Å². The van der Waals surface area contributed by atoms with Gasteiger partial charge < -0.3 is 18.6 Å². The number of fused-ring (bicyclic) bond motifs is 2. The molecule has 37 heavy (non-hydrogen) atoms. The van der Waals surface area contributed by atoms with E-state index in [0.717, 1.165) is 0 Å². The number of ether oxygens (including phenoxy) is 3. The van der Waals surface area contributed by atoms with Gasteiger partial charge in [0.05, 0.1) is 16.5 Å². The molecule has 0 amide bonds. The molecular weight excluding hydrogens is 499 g/mol. The Morgan fingerprint density at radius 2 is 1.51 bits per heavy atom. The quantitative estimate of drug-likeness (QED) is 0.174. The first-order valence-electron chi connectivity index (χ1n) is 11.3. The second-order valence-corrected chi connectivity index (χ2v) is 8.37. The molecule has 0 bridgehead atoms. The highest BCUT2D eigenvalue weighted by molar-refractivity contribution is 5.85. The van der Waals surface area contributed by atoms with Gasteiger partial charge in [-0.2, -0.15) is 0 Å². The third kappa shape index (κ3) is 4.16. The molecule has 10 heteroatoms. The van der Waals surface area contributed by atoms with Crippen molar-refractivity contribution < 1.29 is 40.6 Å². The lowest BCUT2D eigenvalue weighted by molar-refractivity contribution is 0.171. The normalized spacial score (nSPS) is 12.7. The Kier molecular flexibility index (Phi) is 6.26. The highest BCUT2D eigenvalue weighted by atomic mass is 19.2. The maximum absolute atomic E-state index is 14.1. The molecule has 0 saturated heterocycles. The predicted octanol–water partition coefficient (Wildman–Crippen LogP) is 6.38. The van der Waals surface area contributed by atoms with E-state index in [1.807, 2.05) is 0 Å². The van der Waals surface area contributed by atoms with Crippen molar-refractivity contribution >= 4 is 11.0 Å². The molecule has 0 spiro atoms. The van der Waals surface area contributed by atoms with Crippen LogP contribution >= 0.6 is 0 Å². The average molecular weight is 518 g/mol. The van der Waals surface area contributed by atoms with Crippen LogP contribution in [0.1, 0.15) is 23.8 Å². The van der Waals surface area contributed by atoms with Gasteiger partial charge in [-0.1, -0.05) is 13.0 Å². The lowest BCUT2D eigenvalue weighted by Crippen LogP contribution is -2.15. The molecule has 0 radical (unpaired) electrons. The zero-order chi connectivity index (χ0) is 26.4. The Morgan fingerprint density at radius 3 is 2.19 bits per heavy atom. The first-order valence-corrected chi connectivity index (χ1v) is 11.3. The van der Waals surface area contributed by atoms with Crippen molar-refractivity contribution in [2.24, 2.45) is 0 Å². The minimum Gasteiger partial charge on any atom is -0.488 e. The molecule has 4 aromatic rings. The van der Waals surface area contributed by atoms with Crippen LogP contribution in [0.4, 0.5) is 22.0 Å². The molecule has 3 aromatic carbocycles. The van der Waals surface area contributed by atoms with Gasteiger partial charge >= 0.3 is 0 Å². The summed E-state index contributed by atoms with van der Waals surface area (Å²) in [5, 5.41) is 0.232. The first-order chi connectivity index (χ1) is 17.7. The fourth-order valence-corrected chi connectivity index (χ4v) is 4.25. The second kappa shape index (κ2) is 9.42. The van der Waals surface area contributed by atoms with Crippen LogP contribution in [0.15, 0.2) is 39.5 Å². The molecule has 1 aliphatic rings. The third-order valence-corrected chi connectivity index (χ3v) is 6.13. The van der Waals surface area contributed by atoms with Crippen molar-refractivity contribution in [2.45, 2.75) is 26.9 Å². The number of rotatable bonds is 5. The molecule has 0 saturated carbocycles. The fraction of sp³-hybridized carbons (Fsp3) is 0.222. The van der Waals surface area contributed by atoms with Crippen LogP contribution in [0.5, 0.6) is 17.2 Å². The molecule has 5 rings (SSSR count). The molecule has 1 aliphatic heterocycles. The van der Waals surface area contributed by atoms with Crippen LogP contribution in [-0.2, 0) is 13.0 Å². The highest BCUT2D eigenvalue weighted by Gasteiger charge is 2.26. The van der Waals surface area contributed by atoms with Gasteiger partial charge in [-0.25, -0.2) is 22.0 Å². The number of halogens is 5. The van der Waals surface area contributed by atoms with Crippen LogP contribution in [-0.4, -0.2) is 13.2 Å². The monoisotopic (exact) mass is 518 g/mol. The Hall–Kier alpha value is -4.08. The van der Waals surface area contributed by atoms with Gasteiger partial charge in [0.15, 0.2) is 34.8 Å². The van der Waals surface area contributed by atoms with Gasteiger partial charge in [0, 0.05) is 6.07 Å². The van der Waals surface area contributed by atoms with E-state index in [-0.39, 0.29) is 22.1 Å². The Balaban J connectivity index is 1.55. The molecule has 5 nitrogen and oxygen atoms in total. The second-order valence-electron chi connectivity index (χ2n) is 8.37. The van der Waals surface area contributed by atoms with Crippen molar-refractivity contribution in [1.82, 2.24) is 0 Å². The highest BCUT2D eigenvalue weighted by Crippen LogP contribution is 2.36. The van der Waals surface area contributed by atoms with Crippen LogP contribution in [0.2, 0.25) is 0 Å². The van der Waals surface area contributed by atoms with E-state index in [1.165, 1.54) is 12.1 Å². The molecule has 0 aliphatic carbocycles. The number of hydrogen-bond acceptors (Lipinski definition) is 5. The van der Waals surface area contributed by atoms with Crippen molar-refractivity contribution in [3.63, 3.8) is 0 Å². The summed E-state index contributed by atoms with van der Waals surface area (Å²) in [5.74, 6) is -8.85.